The number of ether oxygens (including phenoxy) is 1. The number of rotatable bonds is 3. The van der Waals surface area contributed by atoms with Crippen LogP contribution >= 0.6 is 0 Å². The van der Waals surface area contributed by atoms with Crippen LogP contribution in [0.25, 0.3) is 10.8 Å². The molecule has 0 spiro atoms. The molecule has 0 radical (unpaired) electrons. The summed E-state index contributed by atoms with van der Waals surface area (Å²) < 4.78 is 5.65. The molecule has 1 aromatic carbocycles. The maximum Gasteiger partial charge on any atom is 0.0559 e. The molecule has 2 fully saturated rings. The summed E-state index contributed by atoms with van der Waals surface area (Å²) in [4.78, 5) is 6.68. The molecule has 2 aromatic rings. The van der Waals surface area contributed by atoms with E-state index in [0.29, 0.717) is 12.5 Å². The minimum absolute atomic E-state index is 0.0512. The van der Waals surface area contributed by atoms with Crippen LogP contribution in [0, 0.1) is 11.3 Å². The zero-order valence-corrected chi connectivity index (χ0v) is 12.7. The Hall–Kier alpha value is -1.49. The Labute approximate surface area is 130 Å². The van der Waals surface area contributed by atoms with Gasteiger partial charge in [0.2, 0.25) is 0 Å². The fourth-order valence-electron chi connectivity index (χ4n) is 4.12. The van der Waals surface area contributed by atoms with E-state index in [1.165, 1.54) is 16.3 Å². The van der Waals surface area contributed by atoms with Gasteiger partial charge in [0, 0.05) is 49.4 Å². The van der Waals surface area contributed by atoms with E-state index < -0.39 is 0 Å². The minimum atomic E-state index is -0.0512. The van der Waals surface area contributed by atoms with Gasteiger partial charge < -0.3 is 9.84 Å². The average Bonchev–Trinajstić information content (AvgIpc) is 2.94. The molecular weight excluding hydrogens is 276 g/mol. The first kappa shape index (κ1) is 14.1. The molecule has 2 atom stereocenters. The number of aliphatic hydroxyl groups excluding tert-OH is 1. The molecule has 0 saturated carbocycles. The number of fused-ring (bicyclic) bond motifs is 2. The topological polar surface area (TPSA) is 45.6 Å². The third kappa shape index (κ3) is 2.32. The summed E-state index contributed by atoms with van der Waals surface area (Å²) in [5, 5.41) is 12.4. The lowest BCUT2D eigenvalue weighted by Crippen LogP contribution is -2.42. The van der Waals surface area contributed by atoms with Gasteiger partial charge in [-0.3, -0.25) is 9.88 Å². The summed E-state index contributed by atoms with van der Waals surface area (Å²) in [6, 6.07) is 8.51. The van der Waals surface area contributed by atoms with Crippen LogP contribution in [0.1, 0.15) is 12.0 Å². The summed E-state index contributed by atoms with van der Waals surface area (Å²) in [7, 11) is 0. The number of likely N-dealkylation sites (tertiary alicyclic amines) is 1. The van der Waals surface area contributed by atoms with Crippen molar-refractivity contribution in [2.75, 3.05) is 32.9 Å². The van der Waals surface area contributed by atoms with E-state index >= 15 is 0 Å². The molecular formula is C18H22N2O2. The first-order valence-corrected chi connectivity index (χ1v) is 8.03. The van der Waals surface area contributed by atoms with Gasteiger partial charge in [-0.15, -0.1) is 0 Å². The number of pyridine rings is 1. The van der Waals surface area contributed by atoms with Crippen LogP contribution in [0.5, 0.6) is 0 Å². The normalized spacial score (nSPS) is 28.9. The highest BCUT2D eigenvalue weighted by atomic mass is 16.5. The van der Waals surface area contributed by atoms with E-state index in [1.807, 2.05) is 12.4 Å². The maximum absolute atomic E-state index is 9.89. The second-order valence-corrected chi connectivity index (χ2v) is 6.74. The second kappa shape index (κ2) is 5.61. The van der Waals surface area contributed by atoms with Gasteiger partial charge in [0.05, 0.1) is 13.2 Å². The van der Waals surface area contributed by atoms with Crippen molar-refractivity contribution in [3.05, 3.63) is 42.2 Å². The Kier molecular flexibility index (Phi) is 3.60. The summed E-state index contributed by atoms with van der Waals surface area (Å²) in [5.74, 6) is 0.558. The molecule has 3 heterocycles. The van der Waals surface area contributed by atoms with Gasteiger partial charge >= 0.3 is 0 Å². The quantitative estimate of drug-likeness (QED) is 0.942. The highest BCUT2D eigenvalue weighted by Gasteiger charge is 2.47. The summed E-state index contributed by atoms with van der Waals surface area (Å²) in [6.45, 7) is 4.68. The molecule has 2 aliphatic rings. The fourth-order valence-corrected chi connectivity index (χ4v) is 4.12. The average molecular weight is 298 g/mol. The van der Waals surface area contributed by atoms with Gasteiger partial charge in [0.15, 0.2) is 0 Å². The smallest absolute Gasteiger partial charge is 0.0559 e. The Morgan fingerprint density at radius 3 is 3.18 bits per heavy atom. The van der Waals surface area contributed by atoms with Crippen molar-refractivity contribution >= 4 is 10.8 Å². The lowest BCUT2D eigenvalue weighted by atomic mass is 9.76. The van der Waals surface area contributed by atoms with Gasteiger partial charge in [0.1, 0.15) is 0 Å². The van der Waals surface area contributed by atoms with Gasteiger partial charge in [-0.05, 0) is 29.4 Å². The van der Waals surface area contributed by atoms with Gasteiger partial charge in [-0.1, -0.05) is 18.2 Å². The monoisotopic (exact) mass is 298 g/mol. The van der Waals surface area contributed by atoms with Crippen LogP contribution in [-0.2, 0) is 11.3 Å². The maximum atomic E-state index is 9.89. The molecule has 22 heavy (non-hydrogen) atoms. The third-order valence-corrected chi connectivity index (χ3v) is 5.36. The molecule has 2 aliphatic heterocycles. The van der Waals surface area contributed by atoms with Gasteiger partial charge in [-0.25, -0.2) is 0 Å². The summed E-state index contributed by atoms with van der Waals surface area (Å²) >= 11 is 0. The number of aromatic nitrogens is 1. The first-order valence-electron chi connectivity index (χ1n) is 8.03. The van der Waals surface area contributed by atoms with Gasteiger partial charge in [-0.2, -0.15) is 0 Å². The minimum Gasteiger partial charge on any atom is -0.396 e. The molecule has 4 rings (SSSR count). The van der Waals surface area contributed by atoms with E-state index in [1.54, 1.807) is 0 Å². The van der Waals surface area contributed by atoms with Gasteiger partial charge in [0.25, 0.3) is 0 Å². The largest absolute Gasteiger partial charge is 0.396 e. The van der Waals surface area contributed by atoms with Crippen molar-refractivity contribution in [2.45, 2.75) is 13.0 Å². The number of benzene rings is 1. The first-order chi connectivity index (χ1) is 10.8. The van der Waals surface area contributed by atoms with Crippen molar-refractivity contribution in [1.82, 2.24) is 9.88 Å². The van der Waals surface area contributed by atoms with E-state index in [2.05, 4.69) is 34.1 Å². The third-order valence-electron chi connectivity index (χ3n) is 5.36. The standard InChI is InChI=1S/C18H22N2O2/c21-12-18-11-20(10-16(18)5-7-22-13-18)9-15-3-1-2-14-8-19-6-4-17(14)15/h1-4,6,8,16,21H,5,7,9-13H2/t16-,18+/m0/s1. The number of hydrogen-bond acceptors (Lipinski definition) is 4. The molecule has 1 aromatic heterocycles. The SMILES string of the molecule is OC[C@]12COCC[C@H]1CN(Cc1cccc3cnccc13)C2. The molecule has 4 heteroatoms. The molecule has 0 aliphatic carbocycles. The van der Waals surface area contributed by atoms with Crippen molar-refractivity contribution in [2.24, 2.45) is 11.3 Å². The zero-order chi connectivity index (χ0) is 15.0. The highest BCUT2D eigenvalue weighted by molar-refractivity contribution is 5.84. The van der Waals surface area contributed by atoms with Crippen LogP contribution in [0.15, 0.2) is 36.7 Å². The molecule has 116 valence electrons. The van der Waals surface area contributed by atoms with Crippen LogP contribution in [0.4, 0.5) is 0 Å². The molecule has 4 nitrogen and oxygen atoms in total. The van der Waals surface area contributed by atoms with Crippen LogP contribution in [0.2, 0.25) is 0 Å². The Morgan fingerprint density at radius 1 is 1.36 bits per heavy atom. The van der Waals surface area contributed by atoms with E-state index in [4.69, 9.17) is 4.74 Å². The fraction of sp³-hybridized carbons (Fsp3) is 0.500. The number of hydrogen-bond donors (Lipinski definition) is 1. The molecule has 1 N–H and O–H groups in total. The van der Waals surface area contributed by atoms with Crippen LogP contribution < -0.4 is 0 Å². The summed E-state index contributed by atoms with van der Waals surface area (Å²) in [6.07, 6.45) is 4.85. The van der Waals surface area contributed by atoms with Crippen LogP contribution in [0.3, 0.4) is 0 Å². The van der Waals surface area contributed by atoms with E-state index in [9.17, 15) is 5.11 Å². The van der Waals surface area contributed by atoms with E-state index in [-0.39, 0.29) is 12.0 Å². The second-order valence-electron chi connectivity index (χ2n) is 6.74. The zero-order valence-electron chi connectivity index (χ0n) is 12.7. The predicted molar refractivity (Wildman–Crippen MR) is 85.5 cm³/mol. The number of aliphatic hydroxyl groups is 1. The molecule has 0 amide bonds. The summed E-state index contributed by atoms with van der Waals surface area (Å²) in [5.41, 5.74) is 1.29. The van der Waals surface area contributed by atoms with Crippen LogP contribution in [-0.4, -0.2) is 47.9 Å². The lowest BCUT2D eigenvalue weighted by molar-refractivity contribution is -0.0561. The molecule has 0 bridgehead atoms. The Balaban J connectivity index is 1.59. The van der Waals surface area contributed by atoms with E-state index in [0.717, 1.165) is 32.7 Å². The predicted octanol–water partition coefficient (Wildman–Crippen LogP) is 2.07. The van der Waals surface area contributed by atoms with Crippen molar-refractivity contribution in [3.63, 3.8) is 0 Å². The Morgan fingerprint density at radius 2 is 2.32 bits per heavy atom. The van der Waals surface area contributed by atoms with Crippen molar-refractivity contribution in [1.29, 1.82) is 0 Å². The number of nitrogens with zero attached hydrogens (tertiary/aromatic N) is 2. The molecule has 2 saturated heterocycles. The van der Waals surface area contributed by atoms with Crippen molar-refractivity contribution in [3.8, 4) is 0 Å². The Bertz CT molecular complexity index is 670. The van der Waals surface area contributed by atoms with Crippen molar-refractivity contribution < 1.29 is 9.84 Å². The highest BCUT2D eigenvalue weighted by Crippen LogP contribution is 2.41. The molecule has 0 unspecified atom stereocenters. The lowest BCUT2D eigenvalue weighted by Gasteiger charge is -2.36.